The highest BCUT2D eigenvalue weighted by Crippen LogP contribution is 2.34. The molecule has 0 aromatic heterocycles. The van der Waals surface area contributed by atoms with Gasteiger partial charge in [-0.2, -0.15) is 11.8 Å². The fourth-order valence-electron chi connectivity index (χ4n) is 1.93. The Morgan fingerprint density at radius 1 is 1.39 bits per heavy atom. The molecule has 0 aliphatic heterocycles. The van der Waals surface area contributed by atoms with Crippen LogP contribution in [0.15, 0.2) is 12.1 Å². The molecule has 0 radical (unpaired) electrons. The number of hydrogen-bond acceptors (Lipinski definition) is 7. The molecule has 1 rings (SSSR count). The molecule has 0 heterocycles. The van der Waals surface area contributed by atoms with Gasteiger partial charge in [0.2, 0.25) is 0 Å². The summed E-state index contributed by atoms with van der Waals surface area (Å²) in [6.07, 6.45) is 1.83. The third-order valence-corrected chi connectivity index (χ3v) is 3.94. The van der Waals surface area contributed by atoms with E-state index in [1.54, 1.807) is 6.92 Å². The van der Waals surface area contributed by atoms with Crippen LogP contribution in [0.3, 0.4) is 0 Å². The van der Waals surface area contributed by atoms with Crippen LogP contribution in [0.5, 0.6) is 11.5 Å². The van der Waals surface area contributed by atoms with Crippen molar-refractivity contribution in [3.05, 3.63) is 27.8 Å². The van der Waals surface area contributed by atoms with Crippen LogP contribution >= 0.6 is 11.8 Å². The van der Waals surface area contributed by atoms with Crippen LogP contribution in [0.4, 0.5) is 5.69 Å². The van der Waals surface area contributed by atoms with Gasteiger partial charge < -0.3 is 19.9 Å². The summed E-state index contributed by atoms with van der Waals surface area (Å²) >= 11 is 1.43. The van der Waals surface area contributed by atoms with Gasteiger partial charge in [-0.05, 0) is 13.2 Å². The van der Waals surface area contributed by atoms with E-state index in [2.05, 4.69) is 5.32 Å². The molecule has 1 aromatic rings. The molecule has 0 aliphatic rings. The Balaban J connectivity index is 3.10. The Kier molecular flexibility index (Phi) is 6.64. The monoisotopic (exact) mass is 344 g/mol. The molecule has 9 heteroatoms. The zero-order valence-electron chi connectivity index (χ0n) is 13.4. The van der Waals surface area contributed by atoms with Crippen LogP contribution in [-0.4, -0.2) is 54.3 Å². The molecule has 1 unspecified atom stereocenters. The van der Waals surface area contributed by atoms with E-state index < -0.39 is 22.1 Å². The second-order valence-corrected chi connectivity index (χ2v) is 5.96. The van der Waals surface area contributed by atoms with Crippen molar-refractivity contribution in [2.45, 2.75) is 12.5 Å². The number of carbonyl (C=O) groups is 1. The minimum absolute atomic E-state index is 0.0296. The summed E-state index contributed by atoms with van der Waals surface area (Å²) in [4.78, 5) is 22.8. The maximum atomic E-state index is 12.3. The van der Waals surface area contributed by atoms with Gasteiger partial charge in [0, 0.05) is 18.4 Å². The van der Waals surface area contributed by atoms with Gasteiger partial charge in [-0.3, -0.25) is 14.9 Å². The van der Waals surface area contributed by atoms with E-state index >= 15 is 0 Å². The number of nitrogens with one attached hydrogen (secondary N) is 1. The molecule has 0 saturated carbocycles. The largest absolute Gasteiger partial charge is 0.493 e. The molecule has 1 atom stereocenters. The number of nitrogens with zero attached hydrogens (tertiary/aromatic N) is 1. The number of benzene rings is 1. The summed E-state index contributed by atoms with van der Waals surface area (Å²) < 4.78 is 10.1. The zero-order valence-corrected chi connectivity index (χ0v) is 14.2. The molecule has 2 N–H and O–H groups in total. The predicted molar refractivity (Wildman–Crippen MR) is 87.5 cm³/mol. The number of hydrogen-bond donors (Lipinski definition) is 2. The maximum Gasteiger partial charge on any atom is 0.286 e. The summed E-state index contributed by atoms with van der Waals surface area (Å²) in [7, 11) is 2.72. The van der Waals surface area contributed by atoms with Crippen LogP contribution in [-0.2, 0) is 0 Å². The smallest absolute Gasteiger partial charge is 0.286 e. The van der Waals surface area contributed by atoms with Crippen LogP contribution in [0.2, 0.25) is 0 Å². The quantitative estimate of drug-likeness (QED) is 0.542. The van der Waals surface area contributed by atoms with Crippen LogP contribution in [0, 0.1) is 10.1 Å². The SMILES string of the molecule is COc1cc(C(=O)NCC(C)(O)CSC)c([N+](=O)[O-])cc1OC. The molecular weight excluding hydrogens is 324 g/mol. The highest BCUT2D eigenvalue weighted by molar-refractivity contribution is 7.98. The number of aliphatic hydroxyl groups is 1. The summed E-state index contributed by atoms with van der Waals surface area (Å²) in [5, 5.41) is 23.7. The molecule has 0 bridgehead atoms. The van der Waals surface area contributed by atoms with Gasteiger partial charge in [0.25, 0.3) is 11.6 Å². The minimum Gasteiger partial charge on any atom is -0.493 e. The van der Waals surface area contributed by atoms with Crippen molar-refractivity contribution >= 4 is 23.4 Å². The first-order valence-electron chi connectivity index (χ1n) is 6.65. The number of rotatable bonds is 8. The number of nitro groups is 1. The van der Waals surface area contributed by atoms with E-state index in [0.29, 0.717) is 5.75 Å². The third-order valence-electron chi connectivity index (χ3n) is 3.03. The molecule has 0 fully saturated rings. The molecule has 23 heavy (non-hydrogen) atoms. The lowest BCUT2D eigenvalue weighted by atomic mass is 10.1. The first kappa shape index (κ1) is 19.0. The predicted octanol–water partition coefficient (Wildman–Crippen LogP) is 1.46. The number of nitro benzene ring substituents is 1. The van der Waals surface area contributed by atoms with Crippen molar-refractivity contribution < 1.29 is 24.3 Å². The standard InChI is InChI=1S/C14H20N2O6S/c1-14(18,8-23-4)7-15-13(17)9-5-11(21-2)12(22-3)6-10(9)16(19)20/h5-6,18H,7-8H2,1-4H3,(H,15,17). The molecule has 1 aromatic carbocycles. The molecule has 1 amide bonds. The summed E-state index contributed by atoms with van der Waals surface area (Å²) in [5.41, 5.74) is -1.67. The average molecular weight is 344 g/mol. The Bertz CT molecular complexity index is 591. The summed E-state index contributed by atoms with van der Waals surface area (Å²) in [6.45, 7) is 1.55. The summed E-state index contributed by atoms with van der Waals surface area (Å²) in [5.74, 6) is 0.115. The van der Waals surface area contributed by atoms with Crippen molar-refractivity contribution in [2.24, 2.45) is 0 Å². The van der Waals surface area contributed by atoms with Gasteiger partial charge in [-0.1, -0.05) is 0 Å². The fraction of sp³-hybridized carbons (Fsp3) is 0.500. The number of ether oxygens (including phenoxy) is 2. The van der Waals surface area contributed by atoms with Gasteiger partial charge in [0.15, 0.2) is 11.5 Å². The first-order valence-corrected chi connectivity index (χ1v) is 8.05. The van der Waals surface area contributed by atoms with Crippen LogP contribution in [0.1, 0.15) is 17.3 Å². The van der Waals surface area contributed by atoms with E-state index in [9.17, 15) is 20.0 Å². The normalized spacial score (nSPS) is 13.1. The van der Waals surface area contributed by atoms with E-state index in [1.807, 2.05) is 6.26 Å². The van der Waals surface area contributed by atoms with Crippen molar-refractivity contribution in [3.63, 3.8) is 0 Å². The van der Waals surface area contributed by atoms with Gasteiger partial charge in [-0.25, -0.2) is 0 Å². The van der Waals surface area contributed by atoms with Crippen molar-refractivity contribution in [1.29, 1.82) is 0 Å². The lowest BCUT2D eigenvalue weighted by Gasteiger charge is -2.22. The fourth-order valence-corrected chi connectivity index (χ4v) is 2.65. The molecule has 0 aliphatic carbocycles. The van der Waals surface area contributed by atoms with Gasteiger partial charge in [-0.15, -0.1) is 0 Å². The second-order valence-electron chi connectivity index (χ2n) is 5.09. The van der Waals surface area contributed by atoms with Gasteiger partial charge >= 0.3 is 0 Å². The summed E-state index contributed by atoms with van der Waals surface area (Å²) in [6, 6.07) is 2.38. The Morgan fingerprint density at radius 2 is 1.96 bits per heavy atom. The molecule has 128 valence electrons. The lowest BCUT2D eigenvalue weighted by Crippen LogP contribution is -2.42. The van der Waals surface area contributed by atoms with Crippen molar-refractivity contribution in [1.82, 2.24) is 5.32 Å². The van der Waals surface area contributed by atoms with Gasteiger partial charge in [0.1, 0.15) is 5.56 Å². The van der Waals surface area contributed by atoms with E-state index in [0.717, 1.165) is 6.07 Å². The lowest BCUT2D eigenvalue weighted by molar-refractivity contribution is -0.385. The van der Waals surface area contributed by atoms with Gasteiger partial charge in [0.05, 0.1) is 30.8 Å². The topological polar surface area (TPSA) is 111 Å². The highest BCUT2D eigenvalue weighted by Gasteiger charge is 2.27. The molecular formula is C14H20N2O6S. The third kappa shape index (κ3) is 5.00. The molecule has 0 saturated heterocycles. The maximum absolute atomic E-state index is 12.3. The number of amides is 1. The highest BCUT2D eigenvalue weighted by atomic mass is 32.2. The second kappa shape index (κ2) is 8.02. The molecule has 8 nitrogen and oxygen atoms in total. The Labute approximate surface area is 138 Å². The molecule has 0 spiro atoms. The Morgan fingerprint density at radius 3 is 2.43 bits per heavy atom. The van der Waals surface area contributed by atoms with E-state index in [1.165, 1.54) is 32.0 Å². The van der Waals surface area contributed by atoms with E-state index in [4.69, 9.17) is 9.47 Å². The van der Waals surface area contributed by atoms with Crippen LogP contribution < -0.4 is 14.8 Å². The first-order chi connectivity index (χ1) is 10.8. The van der Waals surface area contributed by atoms with E-state index in [-0.39, 0.29) is 23.6 Å². The minimum atomic E-state index is -1.11. The van der Waals surface area contributed by atoms with Crippen LogP contribution in [0.25, 0.3) is 0 Å². The number of thioether (sulfide) groups is 1. The van der Waals surface area contributed by atoms with Crippen molar-refractivity contribution in [3.8, 4) is 11.5 Å². The van der Waals surface area contributed by atoms with Crippen molar-refractivity contribution in [2.75, 3.05) is 32.8 Å². The zero-order chi connectivity index (χ0) is 17.6. The number of methoxy groups -OCH3 is 2. The Hall–Kier alpha value is -2.00. The number of carbonyl (C=O) groups excluding carboxylic acids is 1. The average Bonchev–Trinajstić information content (AvgIpc) is 2.51.